The maximum Gasteiger partial charge on any atom is 0.339 e. The summed E-state index contributed by atoms with van der Waals surface area (Å²) in [5, 5.41) is 21.5. The standard InChI is InChI=1S/C16H16ClNO5/c1-22-11-2-4-12(5-3-11)23-7-6-18-10-8-13(16(20)21)15(19)14(17)9-10/h2-5,8-9,18-19H,6-7H2,1H3,(H,20,21). The highest BCUT2D eigenvalue weighted by molar-refractivity contribution is 6.32. The van der Waals surface area contributed by atoms with Crippen molar-refractivity contribution in [3.05, 3.63) is 47.0 Å². The molecule has 0 fully saturated rings. The Balaban J connectivity index is 1.89. The van der Waals surface area contributed by atoms with Crippen LogP contribution in [0.5, 0.6) is 17.2 Å². The SMILES string of the molecule is COc1ccc(OCCNc2cc(Cl)c(O)c(C(=O)O)c2)cc1. The number of halogens is 1. The fourth-order valence-electron chi connectivity index (χ4n) is 1.90. The molecule has 3 N–H and O–H groups in total. The molecule has 0 radical (unpaired) electrons. The monoisotopic (exact) mass is 337 g/mol. The third-order valence-corrected chi connectivity index (χ3v) is 3.34. The van der Waals surface area contributed by atoms with E-state index in [1.807, 2.05) is 0 Å². The van der Waals surface area contributed by atoms with E-state index in [4.69, 9.17) is 26.2 Å². The van der Waals surface area contributed by atoms with Crippen molar-refractivity contribution in [2.24, 2.45) is 0 Å². The summed E-state index contributed by atoms with van der Waals surface area (Å²) in [6, 6.07) is 9.94. The van der Waals surface area contributed by atoms with Gasteiger partial charge in [0.25, 0.3) is 0 Å². The van der Waals surface area contributed by atoms with Crippen molar-refractivity contribution < 1.29 is 24.5 Å². The van der Waals surface area contributed by atoms with Gasteiger partial charge in [0, 0.05) is 12.2 Å². The Kier molecular flexibility index (Phi) is 5.54. The Morgan fingerprint density at radius 2 is 1.87 bits per heavy atom. The number of hydrogen-bond donors (Lipinski definition) is 3. The van der Waals surface area contributed by atoms with Crippen LogP contribution in [0.25, 0.3) is 0 Å². The number of nitrogens with one attached hydrogen (secondary N) is 1. The average molecular weight is 338 g/mol. The lowest BCUT2D eigenvalue weighted by Gasteiger charge is -2.11. The second-order valence-corrected chi connectivity index (χ2v) is 5.02. The van der Waals surface area contributed by atoms with E-state index >= 15 is 0 Å². The Morgan fingerprint density at radius 1 is 1.22 bits per heavy atom. The Labute approximate surface area is 138 Å². The maximum atomic E-state index is 11.0. The lowest BCUT2D eigenvalue weighted by molar-refractivity contribution is 0.0694. The van der Waals surface area contributed by atoms with Crippen molar-refractivity contribution in [2.45, 2.75) is 0 Å². The zero-order chi connectivity index (χ0) is 16.8. The van der Waals surface area contributed by atoms with E-state index in [0.717, 1.165) is 5.75 Å². The molecule has 7 heteroatoms. The van der Waals surface area contributed by atoms with Gasteiger partial charge in [-0.1, -0.05) is 11.6 Å². The average Bonchev–Trinajstić information content (AvgIpc) is 2.55. The number of anilines is 1. The van der Waals surface area contributed by atoms with E-state index in [-0.39, 0.29) is 10.6 Å². The number of rotatable bonds is 7. The van der Waals surface area contributed by atoms with Crippen molar-refractivity contribution in [1.82, 2.24) is 0 Å². The molecule has 0 aromatic heterocycles. The molecule has 0 heterocycles. The minimum absolute atomic E-state index is 0.0246. The van der Waals surface area contributed by atoms with Gasteiger partial charge in [-0.3, -0.25) is 0 Å². The molecule has 0 bridgehead atoms. The van der Waals surface area contributed by atoms with Crippen molar-refractivity contribution in [1.29, 1.82) is 0 Å². The number of aromatic hydroxyl groups is 1. The number of ether oxygens (including phenoxy) is 2. The second kappa shape index (κ2) is 7.60. The minimum Gasteiger partial charge on any atom is -0.505 e. The minimum atomic E-state index is -1.25. The number of hydrogen-bond acceptors (Lipinski definition) is 5. The quantitative estimate of drug-likeness (QED) is 0.531. The zero-order valence-corrected chi connectivity index (χ0v) is 13.1. The molecule has 23 heavy (non-hydrogen) atoms. The van der Waals surface area contributed by atoms with Crippen LogP contribution in [-0.2, 0) is 0 Å². The number of carboxylic acid groups (broad SMARTS) is 1. The van der Waals surface area contributed by atoms with Crippen LogP contribution in [-0.4, -0.2) is 36.4 Å². The smallest absolute Gasteiger partial charge is 0.339 e. The van der Waals surface area contributed by atoms with Gasteiger partial charge >= 0.3 is 5.97 Å². The third kappa shape index (κ3) is 4.43. The first-order chi connectivity index (χ1) is 11.0. The molecule has 0 aliphatic heterocycles. The van der Waals surface area contributed by atoms with Gasteiger partial charge in [0.05, 0.1) is 12.1 Å². The molecule has 0 saturated heterocycles. The number of phenols is 1. The molecule has 0 saturated carbocycles. The first-order valence-corrected chi connectivity index (χ1v) is 7.15. The molecule has 2 aromatic carbocycles. The number of carbonyl (C=O) groups is 1. The number of methoxy groups -OCH3 is 1. The first-order valence-electron chi connectivity index (χ1n) is 6.78. The van der Waals surface area contributed by atoms with Crippen LogP contribution >= 0.6 is 11.6 Å². The predicted octanol–water partition coefficient (Wildman–Crippen LogP) is 3.24. The molecular weight excluding hydrogens is 322 g/mol. The largest absolute Gasteiger partial charge is 0.505 e. The molecule has 0 atom stereocenters. The zero-order valence-electron chi connectivity index (χ0n) is 12.4. The lowest BCUT2D eigenvalue weighted by atomic mass is 10.1. The Bertz CT molecular complexity index is 688. The van der Waals surface area contributed by atoms with Gasteiger partial charge in [-0.25, -0.2) is 4.79 Å². The summed E-state index contributed by atoms with van der Waals surface area (Å²) >= 11 is 5.80. The lowest BCUT2D eigenvalue weighted by Crippen LogP contribution is -2.12. The van der Waals surface area contributed by atoms with Crippen LogP contribution in [0.1, 0.15) is 10.4 Å². The van der Waals surface area contributed by atoms with E-state index < -0.39 is 11.7 Å². The van der Waals surface area contributed by atoms with Crippen LogP contribution in [0, 0.1) is 0 Å². The summed E-state index contributed by atoms with van der Waals surface area (Å²) in [5.41, 5.74) is 0.236. The molecule has 6 nitrogen and oxygen atoms in total. The normalized spacial score (nSPS) is 10.2. The van der Waals surface area contributed by atoms with E-state index in [9.17, 15) is 9.90 Å². The predicted molar refractivity (Wildman–Crippen MR) is 87.1 cm³/mol. The highest BCUT2D eigenvalue weighted by Gasteiger charge is 2.14. The Morgan fingerprint density at radius 3 is 2.48 bits per heavy atom. The van der Waals surface area contributed by atoms with Crippen molar-refractivity contribution in [3.8, 4) is 17.2 Å². The van der Waals surface area contributed by atoms with Gasteiger partial charge in [-0.05, 0) is 36.4 Å². The van der Waals surface area contributed by atoms with E-state index in [2.05, 4.69) is 5.32 Å². The highest BCUT2D eigenvalue weighted by Crippen LogP contribution is 2.31. The topological polar surface area (TPSA) is 88.0 Å². The maximum absolute atomic E-state index is 11.0. The molecular formula is C16H16ClNO5. The van der Waals surface area contributed by atoms with Crippen molar-refractivity contribution >= 4 is 23.3 Å². The van der Waals surface area contributed by atoms with E-state index in [0.29, 0.717) is 24.6 Å². The summed E-state index contributed by atoms with van der Waals surface area (Å²) in [5.74, 6) is -0.250. The Hall–Kier alpha value is -2.60. The van der Waals surface area contributed by atoms with Crippen LogP contribution in [0.2, 0.25) is 5.02 Å². The molecule has 122 valence electrons. The summed E-state index contributed by atoms with van der Waals surface area (Å²) in [7, 11) is 1.59. The third-order valence-electron chi connectivity index (χ3n) is 3.05. The van der Waals surface area contributed by atoms with E-state index in [1.165, 1.54) is 12.1 Å². The van der Waals surface area contributed by atoms with Crippen LogP contribution < -0.4 is 14.8 Å². The van der Waals surface area contributed by atoms with Crippen molar-refractivity contribution in [2.75, 3.05) is 25.6 Å². The number of benzene rings is 2. The van der Waals surface area contributed by atoms with Crippen LogP contribution in [0.15, 0.2) is 36.4 Å². The molecule has 0 aliphatic carbocycles. The second-order valence-electron chi connectivity index (χ2n) is 4.61. The molecule has 0 spiro atoms. The van der Waals surface area contributed by atoms with Crippen LogP contribution in [0.4, 0.5) is 5.69 Å². The molecule has 0 aliphatic rings. The van der Waals surface area contributed by atoms with Crippen LogP contribution in [0.3, 0.4) is 0 Å². The summed E-state index contributed by atoms with van der Waals surface area (Å²) in [6.45, 7) is 0.805. The molecule has 0 unspecified atom stereocenters. The van der Waals surface area contributed by atoms with Gasteiger partial charge in [-0.2, -0.15) is 0 Å². The summed E-state index contributed by atoms with van der Waals surface area (Å²) in [4.78, 5) is 11.0. The molecule has 2 rings (SSSR count). The first kappa shape index (κ1) is 16.8. The van der Waals surface area contributed by atoms with Crippen molar-refractivity contribution in [3.63, 3.8) is 0 Å². The van der Waals surface area contributed by atoms with Gasteiger partial charge < -0.3 is 25.0 Å². The summed E-state index contributed by atoms with van der Waals surface area (Å²) < 4.78 is 10.6. The number of carboxylic acids is 1. The van der Waals surface area contributed by atoms with Gasteiger partial charge in [0.15, 0.2) is 0 Å². The fraction of sp³-hybridized carbons (Fsp3) is 0.188. The molecule has 2 aromatic rings. The number of aromatic carboxylic acids is 1. The fourth-order valence-corrected chi connectivity index (χ4v) is 2.12. The molecule has 0 amide bonds. The van der Waals surface area contributed by atoms with Gasteiger partial charge in [-0.15, -0.1) is 0 Å². The van der Waals surface area contributed by atoms with Gasteiger partial charge in [0.2, 0.25) is 0 Å². The van der Waals surface area contributed by atoms with Gasteiger partial charge in [0.1, 0.15) is 29.4 Å². The summed E-state index contributed by atoms with van der Waals surface area (Å²) in [6.07, 6.45) is 0. The van der Waals surface area contributed by atoms with E-state index in [1.54, 1.807) is 31.4 Å². The highest BCUT2D eigenvalue weighted by atomic mass is 35.5.